The maximum Gasteiger partial charge on any atom is 0.267 e. The number of nitrogens with zero attached hydrogens (tertiary/aromatic N) is 1. The highest BCUT2D eigenvalue weighted by atomic mass is 16.1. The summed E-state index contributed by atoms with van der Waals surface area (Å²) in [6, 6.07) is 5.04. The molecular formula is C11H13N3O. The van der Waals surface area contributed by atoms with Crippen LogP contribution in [0.4, 0.5) is 0 Å². The molecule has 0 saturated carbocycles. The van der Waals surface area contributed by atoms with Crippen molar-refractivity contribution < 1.29 is 4.79 Å². The molecule has 0 atom stereocenters. The number of rotatable bonds is 3. The van der Waals surface area contributed by atoms with Gasteiger partial charge in [0.05, 0.1) is 0 Å². The normalized spacial score (nSPS) is 9.13. The molecule has 0 fully saturated rings. The molecule has 3 N–H and O–H groups in total. The van der Waals surface area contributed by atoms with Crippen molar-refractivity contribution in [3.63, 3.8) is 0 Å². The Kier molecular flexibility index (Phi) is 4.32. The lowest BCUT2D eigenvalue weighted by Gasteiger charge is -1.94. The highest BCUT2D eigenvalue weighted by molar-refractivity contribution is 5.90. The minimum Gasteiger partial charge on any atom is -0.364 e. The van der Waals surface area contributed by atoms with E-state index in [1.807, 2.05) is 7.05 Å². The van der Waals surface area contributed by atoms with Gasteiger partial charge >= 0.3 is 0 Å². The first-order valence-electron chi connectivity index (χ1n) is 4.64. The van der Waals surface area contributed by atoms with Crippen molar-refractivity contribution in [2.45, 2.75) is 6.42 Å². The highest BCUT2D eigenvalue weighted by Gasteiger charge is 2.00. The number of amides is 1. The number of aromatic nitrogens is 1. The summed E-state index contributed by atoms with van der Waals surface area (Å²) < 4.78 is 0. The van der Waals surface area contributed by atoms with Crippen LogP contribution in [0.15, 0.2) is 18.2 Å². The maximum absolute atomic E-state index is 10.8. The number of carbonyl (C=O) groups is 1. The molecule has 0 bridgehead atoms. The molecule has 1 heterocycles. The average molecular weight is 203 g/mol. The van der Waals surface area contributed by atoms with Crippen LogP contribution in [0.1, 0.15) is 22.6 Å². The number of hydrogen-bond donors (Lipinski definition) is 2. The highest BCUT2D eigenvalue weighted by Crippen LogP contribution is 1.97. The van der Waals surface area contributed by atoms with Crippen LogP contribution in [0.5, 0.6) is 0 Å². The standard InChI is InChI=1S/C11H13N3O/c1-13-8-3-2-5-9-6-4-7-10(14-9)11(12)15/h4,6-7,13H,3,8H2,1H3,(H2,12,15). The van der Waals surface area contributed by atoms with Crippen LogP contribution in [0.2, 0.25) is 0 Å². The minimum absolute atomic E-state index is 0.246. The molecule has 0 aromatic carbocycles. The van der Waals surface area contributed by atoms with Gasteiger partial charge < -0.3 is 11.1 Å². The maximum atomic E-state index is 10.8. The minimum atomic E-state index is -0.533. The van der Waals surface area contributed by atoms with Crippen molar-refractivity contribution in [1.29, 1.82) is 0 Å². The van der Waals surface area contributed by atoms with Gasteiger partial charge in [-0.2, -0.15) is 0 Å². The second kappa shape index (κ2) is 5.78. The van der Waals surface area contributed by atoms with Gasteiger partial charge in [-0.05, 0) is 25.1 Å². The van der Waals surface area contributed by atoms with E-state index in [0.29, 0.717) is 5.69 Å². The summed E-state index contributed by atoms with van der Waals surface area (Å²) in [5, 5.41) is 2.99. The molecule has 15 heavy (non-hydrogen) atoms. The van der Waals surface area contributed by atoms with E-state index in [4.69, 9.17) is 5.73 Å². The lowest BCUT2D eigenvalue weighted by molar-refractivity contribution is 0.0995. The number of carbonyl (C=O) groups excluding carboxylic acids is 1. The fraction of sp³-hybridized carbons (Fsp3) is 0.273. The Balaban J connectivity index is 2.72. The molecule has 1 aromatic rings. The van der Waals surface area contributed by atoms with Crippen LogP contribution in [0.25, 0.3) is 0 Å². The van der Waals surface area contributed by atoms with Gasteiger partial charge in [0.1, 0.15) is 11.4 Å². The van der Waals surface area contributed by atoms with Crippen LogP contribution >= 0.6 is 0 Å². The van der Waals surface area contributed by atoms with Gasteiger partial charge in [-0.1, -0.05) is 12.0 Å². The number of hydrogen-bond acceptors (Lipinski definition) is 3. The fourth-order valence-electron chi connectivity index (χ4n) is 0.982. The van der Waals surface area contributed by atoms with E-state index in [-0.39, 0.29) is 5.69 Å². The molecule has 1 rings (SSSR count). The summed E-state index contributed by atoms with van der Waals surface area (Å²) in [4.78, 5) is 14.8. The summed E-state index contributed by atoms with van der Waals surface area (Å²) in [5.74, 6) is 5.27. The molecule has 0 aliphatic heterocycles. The van der Waals surface area contributed by atoms with Crippen molar-refractivity contribution in [2.24, 2.45) is 5.73 Å². The molecule has 78 valence electrons. The Hall–Kier alpha value is -1.86. The van der Waals surface area contributed by atoms with E-state index >= 15 is 0 Å². The predicted octanol–water partition coefficient (Wildman–Crippen LogP) is 0.142. The quantitative estimate of drug-likeness (QED) is 0.542. The smallest absolute Gasteiger partial charge is 0.267 e. The summed E-state index contributed by atoms with van der Waals surface area (Å²) in [6.07, 6.45) is 0.749. The van der Waals surface area contributed by atoms with Crippen molar-refractivity contribution in [2.75, 3.05) is 13.6 Å². The largest absolute Gasteiger partial charge is 0.364 e. The first-order valence-corrected chi connectivity index (χ1v) is 4.64. The van der Waals surface area contributed by atoms with Gasteiger partial charge in [0, 0.05) is 13.0 Å². The van der Waals surface area contributed by atoms with Gasteiger partial charge in [0.2, 0.25) is 0 Å². The molecule has 1 amide bonds. The SMILES string of the molecule is CNCCC#Cc1cccc(C(N)=O)n1. The van der Waals surface area contributed by atoms with Crippen LogP contribution in [0, 0.1) is 11.8 Å². The van der Waals surface area contributed by atoms with Gasteiger partial charge in [0.15, 0.2) is 0 Å². The zero-order chi connectivity index (χ0) is 11.1. The molecule has 0 unspecified atom stereocenters. The number of nitrogens with two attached hydrogens (primary N) is 1. The fourth-order valence-corrected chi connectivity index (χ4v) is 0.982. The van der Waals surface area contributed by atoms with Gasteiger partial charge in [-0.15, -0.1) is 0 Å². The molecule has 4 heteroatoms. The second-order valence-electron chi connectivity index (χ2n) is 2.93. The molecule has 0 spiro atoms. The van der Waals surface area contributed by atoms with E-state index in [1.54, 1.807) is 18.2 Å². The Labute approximate surface area is 88.9 Å². The third-order valence-electron chi connectivity index (χ3n) is 1.72. The monoisotopic (exact) mass is 203 g/mol. The summed E-state index contributed by atoms with van der Waals surface area (Å²) in [6.45, 7) is 0.836. The van der Waals surface area contributed by atoms with Crippen LogP contribution in [-0.2, 0) is 0 Å². The van der Waals surface area contributed by atoms with Gasteiger partial charge in [0.25, 0.3) is 5.91 Å². The lowest BCUT2D eigenvalue weighted by atomic mass is 10.3. The number of primary amides is 1. The molecule has 0 aliphatic carbocycles. The van der Waals surface area contributed by atoms with Crippen molar-refractivity contribution >= 4 is 5.91 Å². The van der Waals surface area contributed by atoms with E-state index in [0.717, 1.165) is 13.0 Å². The van der Waals surface area contributed by atoms with Crippen LogP contribution in [-0.4, -0.2) is 24.5 Å². The van der Waals surface area contributed by atoms with Crippen molar-refractivity contribution in [3.8, 4) is 11.8 Å². The second-order valence-corrected chi connectivity index (χ2v) is 2.93. The first kappa shape index (κ1) is 11.2. The van der Waals surface area contributed by atoms with E-state index in [2.05, 4.69) is 22.1 Å². The van der Waals surface area contributed by atoms with Crippen molar-refractivity contribution in [3.05, 3.63) is 29.6 Å². The summed E-state index contributed by atoms with van der Waals surface area (Å²) in [7, 11) is 1.87. The summed E-state index contributed by atoms with van der Waals surface area (Å²) in [5.41, 5.74) is 5.92. The molecule has 4 nitrogen and oxygen atoms in total. The van der Waals surface area contributed by atoms with Crippen molar-refractivity contribution in [1.82, 2.24) is 10.3 Å². The Bertz CT molecular complexity index is 404. The van der Waals surface area contributed by atoms with E-state index in [9.17, 15) is 4.79 Å². The molecule has 0 aliphatic rings. The zero-order valence-electron chi connectivity index (χ0n) is 8.58. The number of pyridine rings is 1. The van der Waals surface area contributed by atoms with Gasteiger partial charge in [-0.25, -0.2) is 4.98 Å². The Morgan fingerprint density at radius 1 is 1.60 bits per heavy atom. The average Bonchev–Trinajstić information content (AvgIpc) is 2.25. The molecule has 1 aromatic heterocycles. The lowest BCUT2D eigenvalue weighted by Crippen LogP contribution is -2.13. The predicted molar refractivity (Wildman–Crippen MR) is 58.2 cm³/mol. The zero-order valence-corrected chi connectivity index (χ0v) is 8.58. The third kappa shape index (κ3) is 3.79. The van der Waals surface area contributed by atoms with Crippen LogP contribution in [0.3, 0.4) is 0 Å². The third-order valence-corrected chi connectivity index (χ3v) is 1.72. The van der Waals surface area contributed by atoms with Gasteiger partial charge in [-0.3, -0.25) is 4.79 Å². The summed E-state index contributed by atoms with van der Waals surface area (Å²) >= 11 is 0. The van der Waals surface area contributed by atoms with Crippen LogP contribution < -0.4 is 11.1 Å². The topological polar surface area (TPSA) is 68.0 Å². The van der Waals surface area contributed by atoms with E-state index < -0.39 is 5.91 Å². The number of nitrogens with one attached hydrogen (secondary N) is 1. The Morgan fingerprint density at radius 2 is 2.40 bits per heavy atom. The molecule has 0 radical (unpaired) electrons. The van der Waals surface area contributed by atoms with E-state index in [1.165, 1.54) is 0 Å². The molecule has 0 saturated heterocycles. The Morgan fingerprint density at radius 3 is 3.07 bits per heavy atom. The first-order chi connectivity index (χ1) is 7.24. The molecular weight excluding hydrogens is 190 g/mol.